The summed E-state index contributed by atoms with van der Waals surface area (Å²) in [6, 6.07) is 9.04. The maximum atomic E-state index is 13.1. The number of halogens is 1. The van der Waals surface area contributed by atoms with E-state index in [-0.39, 0.29) is 16.5 Å². The lowest BCUT2D eigenvalue weighted by Gasteiger charge is -2.25. The molecular weight excluding hydrogens is 386 g/mol. The molecule has 26 heavy (non-hydrogen) atoms. The molecule has 11 heteroatoms. The van der Waals surface area contributed by atoms with Crippen LogP contribution in [-0.4, -0.2) is 32.9 Å². The summed E-state index contributed by atoms with van der Waals surface area (Å²) < 4.78 is 32.0. The number of benzene rings is 2. The number of primary amides is 1. The van der Waals surface area contributed by atoms with E-state index in [1.54, 1.807) is 6.07 Å². The predicted octanol–water partition coefficient (Wildman–Crippen LogP) is 1.94. The van der Waals surface area contributed by atoms with Crippen molar-refractivity contribution in [2.45, 2.75) is 4.90 Å². The molecule has 0 aromatic heterocycles. The summed E-state index contributed by atoms with van der Waals surface area (Å²) in [5.74, 6) is -0.764. The summed E-state index contributed by atoms with van der Waals surface area (Å²) in [6.45, 7) is -0.707. The second kappa shape index (κ2) is 7.58. The molecule has 9 nitrogen and oxygen atoms in total. The Bertz CT molecular complexity index is 964. The van der Waals surface area contributed by atoms with Crippen molar-refractivity contribution in [1.82, 2.24) is 0 Å². The average molecular weight is 400 g/mol. The Morgan fingerprint density at radius 1 is 1.31 bits per heavy atom. The zero-order valence-corrected chi connectivity index (χ0v) is 15.0. The van der Waals surface area contributed by atoms with Crippen LogP contribution in [-0.2, 0) is 14.8 Å². The number of sulfonamides is 1. The molecule has 0 saturated heterocycles. The Labute approximate surface area is 154 Å². The van der Waals surface area contributed by atoms with Gasteiger partial charge in [-0.3, -0.25) is 19.2 Å². The molecule has 2 aromatic carbocycles. The Hall–Kier alpha value is -2.85. The molecule has 0 aliphatic carbocycles. The second-order valence-electron chi connectivity index (χ2n) is 5.02. The van der Waals surface area contributed by atoms with E-state index in [1.165, 1.54) is 25.3 Å². The SMILES string of the molecule is COc1ccccc1N(CC(N)=O)S(=O)(=O)c1cc([N+](=O)[O-])ccc1Cl. The first-order chi connectivity index (χ1) is 12.2. The monoisotopic (exact) mass is 399 g/mol. The van der Waals surface area contributed by atoms with Gasteiger partial charge in [0, 0.05) is 12.1 Å². The van der Waals surface area contributed by atoms with E-state index in [0.29, 0.717) is 4.31 Å². The number of carbonyl (C=O) groups excluding carboxylic acids is 1. The van der Waals surface area contributed by atoms with E-state index in [0.717, 1.165) is 18.2 Å². The van der Waals surface area contributed by atoms with Gasteiger partial charge in [0.15, 0.2) is 0 Å². The van der Waals surface area contributed by atoms with Crippen molar-refractivity contribution in [3.05, 3.63) is 57.6 Å². The molecule has 0 bridgehead atoms. The molecule has 0 radical (unpaired) electrons. The normalized spacial score (nSPS) is 11.0. The van der Waals surface area contributed by atoms with Crippen molar-refractivity contribution >= 4 is 38.9 Å². The highest BCUT2D eigenvalue weighted by molar-refractivity contribution is 7.93. The first-order valence-electron chi connectivity index (χ1n) is 7.06. The number of anilines is 1. The number of ether oxygens (including phenoxy) is 1. The molecule has 0 atom stereocenters. The Balaban J connectivity index is 2.70. The highest BCUT2D eigenvalue weighted by Gasteiger charge is 2.31. The Kier molecular flexibility index (Phi) is 5.68. The Morgan fingerprint density at radius 3 is 2.54 bits per heavy atom. The number of non-ortho nitro benzene ring substituents is 1. The number of nitro groups is 1. The molecule has 0 aliphatic heterocycles. The topological polar surface area (TPSA) is 133 Å². The zero-order chi connectivity index (χ0) is 19.5. The molecule has 0 aliphatic rings. The van der Waals surface area contributed by atoms with Gasteiger partial charge in [-0.1, -0.05) is 23.7 Å². The van der Waals surface area contributed by atoms with Crippen molar-refractivity contribution in [3.63, 3.8) is 0 Å². The van der Waals surface area contributed by atoms with Crippen LogP contribution in [0.3, 0.4) is 0 Å². The molecule has 2 rings (SSSR count). The van der Waals surface area contributed by atoms with Gasteiger partial charge < -0.3 is 10.5 Å². The Morgan fingerprint density at radius 2 is 1.96 bits per heavy atom. The number of hydrogen-bond acceptors (Lipinski definition) is 6. The van der Waals surface area contributed by atoms with Gasteiger partial charge in [0.1, 0.15) is 17.2 Å². The van der Waals surface area contributed by atoms with Gasteiger partial charge >= 0.3 is 0 Å². The molecular formula is C15H14ClN3O6S. The number of amides is 1. The van der Waals surface area contributed by atoms with Gasteiger partial charge in [0.25, 0.3) is 15.7 Å². The molecule has 0 spiro atoms. The van der Waals surface area contributed by atoms with Crippen LogP contribution in [0.15, 0.2) is 47.4 Å². The highest BCUT2D eigenvalue weighted by Crippen LogP contribution is 2.35. The van der Waals surface area contributed by atoms with E-state index in [1.807, 2.05) is 0 Å². The molecule has 138 valence electrons. The summed E-state index contributed by atoms with van der Waals surface area (Å²) >= 11 is 5.95. The number of nitrogens with two attached hydrogens (primary N) is 1. The van der Waals surface area contributed by atoms with Crippen LogP contribution in [0.4, 0.5) is 11.4 Å². The fourth-order valence-electron chi connectivity index (χ4n) is 2.20. The minimum Gasteiger partial charge on any atom is -0.495 e. The van der Waals surface area contributed by atoms with Gasteiger partial charge in [0.2, 0.25) is 5.91 Å². The van der Waals surface area contributed by atoms with Crippen molar-refractivity contribution in [3.8, 4) is 5.75 Å². The van der Waals surface area contributed by atoms with Gasteiger partial charge in [-0.25, -0.2) is 8.42 Å². The minimum absolute atomic E-state index is 0.0383. The van der Waals surface area contributed by atoms with Crippen LogP contribution in [0.5, 0.6) is 5.75 Å². The van der Waals surface area contributed by atoms with Gasteiger partial charge in [-0.05, 0) is 18.2 Å². The molecule has 0 fully saturated rings. The molecule has 1 amide bonds. The lowest BCUT2D eigenvalue weighted by Crippen LogP contribution is -2.38. The zero-order valence-electron chi connectivity index (χ0n) is 13.5. The number of rotatable bonds is 7. The second-order valence-corrected chi connectivity index (χ2v) is 7.26. The molecule has 2 aromatic rings. The molecule has 2 N–H and O–H groups in total. The predicted molar refractivity (Wildman–Crippen MR) is 94.8 cm³/mol. The number of hydrogen-bond donors (Lipinski definition) is 1. The van der Waals surface area contributed by atoms with E-state index >= 15 is 0 Å². The lowest BCUT2D eigenvalue weighted by atomic mass is 10.3. The van der Waals surface area contributed by atoms with E-state index in [2.05, 4.69) is 0 Å². The fourth-order valence-corrected chi connectivity index (χ4v) is 4.14. The number of methoxy groups -OCH3 is 1. The van der Waals surface area contributed by atoms with Crippen molar-refractivity contribution in [1.29, 1.82) is 0 Å². The molecule has 0 heterocycles. The quantitative estimate of drug-likeness (QED) is 0.558. The smallest absolute Gasteiger partial charge is 0.270 e. The van der Waals surface area contributed by atoms with E-state index < -0.39 is 38.0 Å². The number of nitrogens with zero attached hydrogens (tertiary/aromatic N) is 2. The van der Waals surface area contributed by atoms with Gasteiger partial charge in [-0.2, -0.15) is 0 Å². The maximum absolute atomic E-state index is 13.1. The van der Waals surface area contributed by atoms with Gasteiger partial charge in [-0.15, -0.1) is 0 Å². The summed E-state index contributed by atoms with van der Waals surface area (Å²) in [5, 5.41) is 10.7. The van der Waals surface area contributed by atoms with E-state index in [4.69, 9.17) is 22.1 Å². The van der Waals surface area contributed by atoms with Crippen LogP contribution >= 0.6 is 11.6 Å². The van der Waals surface area contributed by atoms with Crippen LogP contribution < -0.4 is 14.8 Å². The van der Waals surface area contributed by atoms with Crippen LogP contribution in [0.25, 0.3) is 0 Å². The van der Waals surface area contributed by atoms with Crippen LogP contribution in [0.2, 0.25) is 5.02 Å². The summed E-state index contributed by atoms with van der Waals surface area (Å²) in [6.07, 6.45) is 0. The first-order valence-corrected chi connectivity index (χ1v) is 8.88. The maximum Gasteiger partial charge on any atom is 0.270 e. The standard InChI is InChI=1S/C15H14ClN3O6S/c1-25-13-5-3-2-4-12(13)18(9-15(17)20)26(23,24)14-8-10(19(21)22)6-7-11(14)16/h2-8H,9H2,1H3,(H2,17,20). The number of carbonyl (C=O) groups is 1. The van der Waals surface area contributed by atoms with Gasteiger partial charge in [0.05, 0.1) is 22.7 Å². The summed E-state index contributed by atoms with van der Waals surface area (Å²) in [4.78, 5) is 21.1. The van der Waals surface area contributed by atoms with Crippen molar-refractivity contribution in [2.24, 2.45) is 5.73 Å². The minimum atomic E-state index is -4.45. The third kappa shape index (κ3) is 3.86. The molecule has 0 unspecified atom stereocenters. The lowest BCUT2D eigenvalue weighted by molar-refractivity contribution is -0.385. The van der Waals surface area contributed by atoms with Crippen LogP contribution in [0.1, 0.15) is 0 Å². The highest BCUT2D eigenvalue weighted by atomic mass is 35.5. The van der Waals surface area contributed by atoms with E-state index in [9.17, 15) is 23.3 Å². The molecule has 0 saturated carbocycles. The third-order valence-corrected chi connectivity index (χ3v) is 5.59. The number of nitro benzene ring substituents is 1. The summed E-state index contributed by atoms with van der Waals surface area (Å²) in [7, 11) is -3.12. The average Bonchev–Trinajstić information content (AvgIpc) is 2.59. The largest absolute Gasteiger partial charge is 0.495 e. The van der Waals surface area contributed by atoms with Crippen molar-refractivity contribution in [2.75, 3.05) is 18.0 Å². The fraction of sp³-hybridized carbons (Fsp3) is 0.133. The first kappa shape index (κ1) is 19.5. The third-order valence-electron chi connectivity index (χ3n) is 3.35. The number of para-hydroxylation sites is 2. The van der Waals surface area contributed by atoms with Crippen molar-refractivity contribution < 1.29 is 22.9 Å². The van der Waals surface area contributed by atoms with Crippen LogP contribution in [0, 0.1) is 10.1 Å². The summed E-state index contributed by atoms with van der Waals surface area (Å²) in [5.41, 5.74) is 4.76.